The Kier molecular flexibility index (Phi) is 73.1. The monoisotopic (exact) mass is 1490 g/mol. The van der Waals surface area contributed by atoms with Crippen molar-refractivity contribution in [1.29, 1.82) is 0 Å². The zero-order valence-electron chi connectivity index (χ0n) is 66.9. The molecule has 0 aliphatic rings. The van der Waals surface area contributed by atoms with Crippen molar-refractivity contribution in [3.63, 3.8) is 0 Å². The number of aliphatic hydroxyl groups is 1. The summed E-state index contributed by atoms with van der Waals surface area (Å²) in [5.74, 6) is -0.559. The minimum Gasteiger partial charge on any atom is -0.462 e. The Hall–Kier alpha value is -1.94. The maximum atomic E-state index is 13.1. The summed E-state index contributed by atoms with van der Waals surface area (Å²) in [5.41, 5.74) is 0. The molecule has 0 heterocycles. The predicted molar refractivity (Wildman–Crippen MR) is 418 cm³/mol. The Morgan fingerprint density at radius 3 is 0.667 bits per heavy atom. The van der Waals surface area contributed by atoms with Crippen LogP contribution in [-0.2, 0) is 65.4 Å². The third kappa shape index (κ3) is 76.3. The van der Waals surface area contributed by atoms with Gasteiger partial charge in [0, 0.05) is 25.7 Å². The Balaban J connectivity index is 5.21. The number of phosphoric acid groups is 2. The average Bonchev–Trinajstić information content (AvgIpc) is 0.929. The average molecular weight is 1490 g/mol. The van der Waals surface area contributed by atoms with Crippen molar-refractivity contribution < 1.29 is 80.2 Å². The van der Waals surface area contributed by atoms with Crippen LogP contribution in [0.3, 0.4) is 0 Å². The maximum absolute atomic E-state index is 13.1. The van der Waals surface area contributed by atoms with E-state index in [1.807, 2.05) is 0 Å². The standard InChI is InChI=1S/C83H162O17P2/c1-7-9-11-13-15-17-19-20-21-22-23-24-25-26-31-34-37-43-49-55-61-67-82(87)99-78(72-94-81(86)66-60-54-48-42-36-33-30-28-27-29-32-35-39-45-51-57-63-75(3)4)73-97-101(89,90)95-69-77(84)70-96-102(91,92)98-74-79(71-93-80(85)65-59-53-47-41-18-16-14-12-10-8-2)100-83(88)68-62-56-50-44-38-40-46-52-58-64-76(5)6/h75-79,84H,7-74H2,1-6H3,(H,89,90)(H,91,92)/t77-,78-,79-/m1/s1. The van der Waals surface area contributed by atoms with Gasteiger partial charge in [-0.25, -0.2) is 9.13 Å². The van der Waals surface area contributed by atoms with E-state index in [2.05, 4.69) is 41.5 Å². The highest BCUT2D eigenvalue weighted by Crippen LogP contribution is 2.45. The normalized spacial score (nSPS) is 13.9. The molecule has 0 aliphatic carbocycles. The molecule has 2 unspecified atom stereocenters. The number of ether oxygens (including phenoxy) is 4. The van der Waals surface area contributed by atoms with Crippen LogP contribution in [-0.4, -0.2) is 96.7 Å². The maximum Gasteiger partial charge on any atom is 0.472 e. The highest BCUT2D eigenvalue weighted by molar-refractivity contribution is 7.47. The molecule has 102 heavy (non-hydrogen) atoms. The van der Waals surface area contributed by atoms with Crippen LogP contribution in [0.25, 0.3) is 0 Å². The number of esters is 4. The lowest BCUT2D eigenvalue weighted by molar-refractivity contribution is -0.161. The number of hydrogen-bond donors (Lipinski definition) is 3. The number of phosphoric ester groups is 2. The SMILES string of the molecule is CCCCCCCCCCCCCCCCCCCCCCCC(=O)O[C@H](COC(=O)CCCCCCCCCCCCCCCCCCC(C)C)COP(=O)(O)OC[C@@H](O)COP(=O)(O)OC[C@@H](COC(=O)CCCCCCCCCCCC)OC(=O)CCCCCCCCCCCC(C)C. The first-order valence-corrected chi connectivity index (χ1v) is 46.0. The van der Waals surface area contributed by atoms with E-state index in [4.69, 9.17) is 37.0 Å². The van der Waals surface area contributed by atoms with Crippen LogP contribution < -0.4 is 0 Å². The molecule has 0 saturated carbocycles. The quantitative estimate of drug-likeness (QED) is 0.0222. The molecule has 17 nitrogen and oxygen atoms in total. The fourth-order valence-corrected chi connectivity index (χ4v) is 14.5. The Morgan fingerprint density at radius 1 is 0.265 bits per heavy atom. The molecule has 0 aliphatic heterocycles. The first-order chi connectivity index (χ1) is 49.4. The number of rotatable bonds is 82. The van der Waals surface area contributed by atoms with E-state index >= 15 is 0 Å². The summed E-state index contributed by atoms with van der Waals surface area (Å²) in [7, 11) is -9.92. The van der Waals surface area contributed by atoms with Gasteiger partial charge in [0.25, 0.3) is 0 Å². The first kappa shape index (κ1) is 100. The van der Waals surface area contributed by atoms with Crippen molar-refractivity contribution in [2.45, 2.75) is 458 Å². The van der Waals surface area contributed by atoms with Gasteiger partial charge in [-0.1, -0.05) is 388 Å². The van der Waals surface area contributed by atoms with Gasteiger partial charge in [0.15, 0.2) is 12.2 Å². The lowest BCUT2D eigenvalue weighted by Crippen LogP contribution is -2.30. The van der Waals surface area contributed by atoms with Gasteiger partial charge < -0.3 is 33.8 Å². The van der Waals surface area contributed by atoms with Crippen molar-refractivity contribution in [3.8, 4) is 0 Å². The van der Waals surface area contributed by atoms with Gasteiger partial charge in [0.1, 0.15) is 19.3 Å². The topological polar surface area (TPSA) is 237 Å². The zero-order valence-corrected chi connectivity index (χ0v) is 68.7. The molecule has 0 amide bonds. The summed E-state index contributed by atoms with van der Waals surface area (Å²) in [6.07, 6.45) is 65.4. The summed E-state index contributed by atoms with van der Waals surface area (Å²) in [6.45, 7) is 9.64. The van der Waals surface area contributed by atoms with Crippen LogP contribution in [0.15, 0.2) is 0 Å². The number of aliphatic hydroxyl groups excluding tert-OH is 1. The van der Waals surface area contributed by atoms with E-state index < -0.39 is 97.5 Å². The highest BCUT2D eigenvalue weighted by Gasteiger charge is 2.30. The number of carbonyl (C=O) groups excluding carboxylic acids is 4. The molecule has 0 rings (SSSR count). The van der Waals surface area contributed by atoms with E-state index in [0.29, 0.717) is 25.7 Å². The largest absolute Gasteiger partial charge is 0.472 e. The lowest BCUT2D eigenvalue weighted by atomic mass is 10.0. The van der Waals surface area contributed by atoms with Crippen molar-refractivity contribution in [1.82, 2.24) is 0 Å². The minimum absolute atomic E-state index is 0.106. The van der Waals surface area contributed by atoms with Crippen LogP contribution in [0.4, 0.5) is 0 Å². The zero-order chi connectivity index (χ0) is 74.9. The van der Waals surface area contributed by atoms with Crippen LogP contribution in [0, 0.1) is 11.8 Å². The van der Waals surface area contributed by atoms with E-state index in [9.17, 15) is 43.2 Å². The molecule has 0 fully saturated rings. The minimum atomic E-state index is -4.96. The smallest absolute Gasteiger partial charge is 0.462 e. The molecule has 0 aromatic heterocycles. The fourth-order valence-electron chi connectivity index (χ4n) is 12.9. The van der Waals surface area contributed by atoms with Crippen LogP contribution >= 0.6 is 15.6 Å². The van der Waals surface area contributed by atoms with Gasteiger partial charge >= 0.3 is 39.5 Å². The van der Waals surface area contributed by atoms with Crippen LogP contribution in [0.5, 0.6) is 0 Å². The molecule has 0 radical (unpaired) electrons. The molecule has 606 valence electrons. The Bertz CT molecular complexity index is 1960. The number of hydrogen-bond acceptors (Lipinski definition) is 15. The molecule has 0 spiro atoms. The van der Waals surface area contributed by atoms with Crippen molar-refractivity contribution >= 4 is 39.5 Å². The Labute approximate surface area is 626 Å². The molecule has 0 aromatic carbocycles. The summed E-state index contributed by atoms with van der Waals surface area (Å²) < 4.78 is 68.7. The summed E-state index contributed by atoms with van der Waals surface area (Å²) in [6, 6.07) is 0. The van der Waals surface area contributed by atoms with E-state index in [1.165, 1.54) is 257 Å². The lowest BCUT2D eigenvalue weighted by Gasteiger charge is -2.21. The van der Waals surface area contributed by atoms with Crippen molar-refractivity contribution in [2.24, 2.45) is 11.8 Å². The molecule has 19 heteroatoms. The van der Waals surface area contributed by atoms with Gasteiger partial charge in [0.2, 0.25) is 0 Å². The van der Waals surface area contributed by atoms with Crippen molar-refractivity contribution in [3.05, 3.63) is 0 Å². The Morgan fingerprint density at radius 2 is 0.451 bits per heavy atom. The van der Waals surface area contributed by atoms with Gasteiger partial charge in [-0.05, 0) is 37.5 Å². The molecule has 5 atom stereocenters. The van der Waals surface area contributed by atoms with Gasteiger partial charge in [-0.2, -0.15) is 0 Å². The van der Waals surface area contributed by atoms with Gasteiger partial charge in [-0.3, -0.25) is 37.3 Å². The molecule has 0 aromatic rings. The number of unbranched alkanes of at least 4 members (excludes halogenated alkanes) is 52. The predicted octanol–water partition coefficient (Wildman–Crippen LogP) is 25.1. The second kappa shape index (κ2) is 74.5. The van der Waals surface area contributed by atoms with Crippen LogP contribution in [0.2, 0.25) is 0 Å². The summed E-state index contributed by atoms with van der Waals surface area (Å²) in [5, 5.41) is 10.6. The first-order valence-electron chi connectivity index (χ1n) is 43.0. The molecular weight excluding hydrogens is 1330 g/mol. The third-order valence-electron chi connectivity index (χ3n) is 19.5. The van der Waals surface area contributed by atoms with Gasteiger partial charge in [0.05, 0.1) is 26.4 Å². The van der Waals surface area contributed by atoms with Crippen molar-refractivity contribution in [2.75, 3.05) is 39.6 Å². The number of carbonyl (C=O) groups is 4. The van der Waals surface area contributed by atoms with Crippen LogP contribution in [0.1, 0.15) is 440 Å². The van der Waals surface area contributed by atoms with E-state index in [0.717, 1.165) is 102 Å². The molecule has 3 N–H and O–H groups in total. The fraction of sp³-hybridized carbons (Fsp3) is 0.952. The second-order valence-electron chi connectivity index (χ2n) is 30.8. The van der Waals surface area contributed by atoms with Gasteiger partial charge in [-0.15, -0.1) is 0 Å². The molecular formula is C83H162O17P2. The molecule has 0 saturated heterocycles. The van der Waals surface area contributed by atoms with E-state index in [-0.39, 0.29) is 25.7 Å². The third-order valence-corrected chi connectivity index (χ3v) is 21.4. The summed E-state index contributed by atoms with van der Waals surface area (Å²) >= 11 is 0. The highest BCUT2D eigenvalue weighted by atomic mass is 31.2. The second-order valence-corrected chi connectivity index (χ2v) is 33.7. The summed E-state index contributed by atoms with van der Waals surface area (Å²) in [4.78, 5) is 73.0. The molecule has 0 bridgehead atoms. The van der Waals surface area contributed by atoms with E-state index in [1.54, 1.807) is 0 Å².